The van der Waals surface area contributed by atoms with Crippen LogP contribution in [-0.4, -0.2) is 38.2 Å². The maximum Gasteiger partial charge on any atom is 0.308 e. The van der Waals surface area contributed by atoms with Crippen molar-refractivity contribution in [3.05, 3.63) is 29.8 Å². The molecule has 0 saturated carbocycles. The first-order valence-electron chi connectivity index (χ1n) is 6.06. The predicted octanol–water partition coefficient (Wildman–Crippen LogP) is 0.931. The van der Waals surface area contributed by atoms with Gasteiger partial charge in [0.05, 0.1) is 10.8 Å². The molecular formula is C13H17NO5S. The van der Waals surface area contributed by atoms with E-state index in [2.05, 4.69) is 5.32 Å². The molecule has 0 aliphatic rings. The van der Waals surface area contributed by atoms with Crippen LogP contribution < -0.4 is 5.32 Å². The third-order valence-electron chi connectivity index (χ3n) is 2.88. The summed E-state index contributed by atoms with van der Waals surface area (Å²) in [7, 11) is -3.38. The van der Waals surface area contributed by atoms with Gasteiger partial charge in [0.25, 0.3) is 5.91 Å². The van der Waals surface area contributed by atoms with Crippen LogP contribution in [0.5, 0.6) is 0 Å². The Bertz CT molecular complexity index is 609. The van der Waals surface area contributed by atoms with Crippen molar-refractivity contribution in [1.82, 2.24) is 5.32 Å². The summed E-state index contributed by atoms with van der Waals surface area (Å²) >= 11 is 0. The number of benzene rings is 1. The number of carboxylic acid groups (broad SMARTS) is 1. The second-order valence-electron chi connectivity index (χ2n) is 4.45. The Morgan fingerprint density at radius 3 is 2.50 bits per heavy atom. The monoisotopic (exact) mass is 299 g/mol. The van der Waals surface area contributed by atoms with Crippen molar-refractivity contribution in [2.45, 2.75) is 18.2 Å². The molecule has 0 fully saturated rings. The minimum Gasteiger partial charge on any atom is -0.481 e. The third kappa shape index (κ3) is 4.34. The number of aliphatic carboxylic acids is 1. The number of rotatable bonds is 6. The number of hydrogen-bond acceptors (Lipinski definition) is 4. The molecule has 0 saturated heterocycles. The molecule has 7 heteroatoms. The van der Waals surface area contributed by atoms with E-state index in [4.69, 9.17) is 5.11 Å². The number of carboxylic acids is 1. The van der Waals surface area contributed by atoms with Gasteiger partial charge in [-0.3, -0.25) is 9.59 Å². The lowest BCUT2D eigenvalue weighted by molar-refractivity contribution is -0.141. The van der Waals surface area contributed by atoms with Crippen LogP contribution >= 0.6 is 0 Å². The Balaban J connectivity index is 2.81. The summed E-state index contributed by atoms with van der Waals surface area (Å²) in [4.78, 5) is 22.8. The van der Waals surface area contributed by atoms with Crippen LogP contribution in [-0.2, 0) is 14.6 Å². The molecule has 0 aliphatic carbocycles. The molecule has 6 nitrogen and oxygen atoms in total. The SMILES string of the molecule is CCC(CNC(=O)c1cccc(S(C)(=O)=O)c1)C(=O)O. The first-order valence-corrected chi connectivity index (χ1v) is 7.96. The number of hydrogen-bond donors (Lipinski definition) is 2. The van der Waals surface area contributed by atoms with Gasteiger partial charge in [-0.15, -0.1) is 0 Å². The van der Waals surface area contributed by atoms with Gasteiger partial charge in [-0.1, -0.05) is 13.0 Å². The quantitative estimate of drug-likeness (QED) is 0.814. The lowest BCUT2D eigenvalue weighted by Crippen LogP contribution is -2.32. The number of sulfone groups is 1. The molecule has 2 N–H and O–H groups in total. The molecule has 1 aromatic rings. The van der Waals surface area contributed by atoms with Crippen LogP contribution in [0.3, 0.4) is 0 Å². The topological polar surface area (TPSA) is 101 Å². The summed E-state index contributed by atoms with van der Waals surface area (Å²) in [6.45, 7) is 1.73. The Kier molecular flexibility index (Phi) is 5.26. The van der Waals surface area contributed by atoms with E-state index in [1.165, 1.54) is 24.3 Å². The average Bonchev–Trinajstić information content (AvgIpc) is 2.38. The van der Waals surface area contributed by atoms with Gasteiger partial charge in [0.1, 0.15) is 0 Å². The first-order chi connectivity index (χ1) is 9.25. The van der Waals surface area contributed by atoms with Crippen molar-refractivity contribution >= 4 is 21.7 Å². The summed E-state index contributed by atoms with van der Waals surface area (Å²) in [5.74, 6) is -2.12. The van der Waals surface area contributed by atoms with E-state index in [1.54, 1.807) is 6.92 Å². The fourth-order valence-corrected chi connectivity index (χ4v) is 2.26. The molecule has 1 rings (SSSR count). The summed E-state index contributed by atoms with van der Waals surface area (Å²) in [6, 6.07) is 5.62. The van der Waals surface area contributed by atoms with Gasteiger partial charge in [-0.05, 0) is 24.6 Å². The fraction of sp³-hybridized carbons (Fsp3) is 0.385. The lowest BCUT2D eigenvalue weighted by Gasteiger charge is -2.11. The molecule has 0 aromatic heterocycles. The van der Waals surface area contributed by atoms with Crippen LogP contribution in [0.25, 0.3) is 0 Å². The zero-order chi connectivity index (χ0) is 15.3. The third-order valence-corrected chi connectivity index (χ3v) is 3.99. The highest BCUT2D eigenvalue weighted by Crippen LogP contribution is 2.11. The second-order valence-corrected chi connectivity index (χ2v) is 6.47. The summed E-state index contributed by atoms with van der Waals surface area (Å²) in [5.41, 5.74) is 0.188. The van der Waals surface area contributed by atoms with Crippen LogP contribution in [0.1, 0.15) is 23.7 Å². The van der Waals surface area contributed by atoms with Gasteiger partial charge in [0, 0.05) is 18.4 Å². The van der Waals surface area contributed by atoms with Gasteiger partial charge < -0.3 is 10.4 Å². The van der Waals surface area contributed by atoms with E-state index in [-0.39, 0.29) is 17.0 Å². The van der Waals surface area contributed by atoms with E-state index < -0.39 is 27.6 Å². The Morgan fingerprint density at radius 1 is 1.35 bits per heavy atom. The molecule has 0 radical (unpaired) electrons. The zero-order valence-electron chi connectivity index (χ0n) is 11.3. The number of nitrogens with one attached hydrogen (secondary N) is 1. The van der Waals surface area contributed by atoms with E-state index in [0.717, 1.165) is 6.26 Å². The van der Waals surface area contributed by atoms with Gasteiger partial charge in [0.2, 0.25) is 0 Å². The van der Waals surface area contributed by atoms with Gasteiger partial charge in [0.15, 0.2) is 9.84 Å². The van der Waals surface area contributed by atoms with Crippen LogP contribution in [0.15, 0.2) is 29.2 Å². The van der Waals surface area contributed by atoms with Crippen molar-refractivity contribution in [2.24, 2.45) is 5.92 Å². The van der Waals surface area contributed by atoms with Gasteiger partial charge >= 0.3 is 5.97 Å². The fourth-order valence-electron chi connectivity index (χ4n) is 1.59. The normalized spacial score (nSPS) is 12.7. The second kappa shape index (κ2) is 6.51. The number of amides is 1. The van der Waals surface area contributed by atoms with E-state index in [0.29, 0.717) is 6.42 Å². The molecule has 0 heterocycles. The van der Waals surface area contributed by atoms with Crippen molar-refractivity contribution in [1.29, 1.82) is 0 Å². The summed E-state index contributed by atoms with van der Waals surface area (Å²) in [6.07, 6.45) is 1.46. The summed E-state index contributed by atoms with van der Waals surface area (Å²) < 4.78 is 22.8. The molecule has 110 valence electrons. The maximum absolute atomic E-state index is 11.9. The molecule has 1 amide bonds. The van der Waals surface area contributed by atoms with Crippen LogP contribution in [0.4, 0.5) is 0 Å². The van der Waals surface area contributed by atoms with E-state index in [9.17, 15) is 18.0 Å². The van der Waals surface area contributed by atoms with Gasteiger partial charge in [-0.25, -0.2) is 8.42 Å². The highest BCUT2D eigenvalue weighted by atomic mass is 32.2. The average molecular weight is 299 g/mol. The van der Waals surface area contributed by atoms with Crippen molar-refractivity contribution < 1.29 is 23.1 Å². The molecule has 1 unspecified atom stereocenters. The van der Waals surface area contributed by atoms with Gasteiger partial charge in [-0.2, -0.15) is 0 Å². The van der Waals surface area contributed by atoms with Crippen molar-refractivity contribution in [2.75, 3.05) is 12.8 Å². The van der Waals surface area contributed by atoms with Crippen LogP contribution in [0, 0.1) is 5.92 Å². The van der Waals surface area contributed by atoms with E-state index >= 15 is 0 Å². The highest BCUT2D eigenvalue weighted by Gasteiger charge is 2.17. The highest BCUT2D eigenvalue weighted by molar-refractivity contribution is 7.90. The summed E-state index contributed by atoms with van der Waals surface area (Å²) in [5, 5.41) is 11.4. The van der Waals surface area contributed by atoms with Crippen molar-refractivity contribution in [3.8, 4) is 0 Å². The maximum atomic E-state index is 11.9. The molecule has 20 heavy (non-hydrogen) atoms. The molecule has 1 atom stereocenters. The minimum absolute atomic E-state index is 0.00771. The zero-order valence-corrected chi connectivity index (χ0v) is 12.1. The lowest BCUT2D eigenvalue weighted by atomic mass is 10.1. The van der Waals surface area contributed by atoms with Crippen LogP contribution in [0.2, 0.25) is 0 Å². The smallest absolute Gasteiger partial charge is 0.308 e. The Morgan fingerprint density at radius 2 is 2.00 bits per heavy atom. The Labute approximate surface area is 117 Å². The largest absolute Gasteiger partial charge is 0.481 e. The molecule has 1 aromatic carbocycles. The molecule has 0 spiro atoms. The Hall–Kier alpha value is -1.89. The number of carbonyl (C=O) groups excluding carboxylic acids is 1. The molecular weight excluding hydrogens is 282 g/mol. The first kappa shape index (κ1) is 16.2. The standard InChI is InChI=1S/C13H17NO5S/c1-3-9(13(16)17)8-14-12(15)10-5-4-6-11(7-10)20(2,18)19/h4-7,9H,3,8H2,1-2H3,(H,14,15)(H,16,17). The minimum atomic E-state index is -3.38. The number of carbonyl (C=O) groups is 2. The predicted molar refractivity (Wildman–Crippen MR) is 73.3 cm³/mol. The van der Waals surface area contributed by atoms with E-state index in [1.807, 2.05) is 0 Å². The molecule has 0 aliphatic heterocycles. The van der Waals surface area contributed by atoms with Crippen molar-refractivity contribution in [3.63, 3.8) is 0 Å². The molecule has 0 bridgehead atoms.